The molecule has 0 spiro atoms. The number of carboxylic acid groups (broad SMARTS) is 1. The Kier molecular flexibility index (Phi) is 4.04. The Morgan fingerprint density at radius 3 is 2.84 bits per heavy atom. The van der Waals surface area contributed by atoms with Gasteiger partial charge in [0.25, 0.3) is 0 Å². The van der Waals surface area contributed by atoms with Crippen LogP contribution in [0.4, 0.5) is 0 Å². The zero-order chi connectivity index (χ0) is 14.0. The molecule has 0 saturated heterocycles. The van der Waals surface area contributed by atoms with Crippen LogP contribution >= 0.6 is 15.9 Å². The molecule has 0 saturated carbocycles. The topological polar surface area (TPSA) is 55.1 Å². The Morgan fingerprint density at radius 1 is 1.47 bits per heavy atom. The number of aryl methyl sites for hydroxylation is 2. The molecule has 0 radical (unpaired) electrons. The second-order valence-corrected chi connectivity index (χ2v) is 5.24. The number of carboxylic acids is 1. The molecule has 1 aromatic heterocycles. The minimum Gasteiger partial charge on any atom is -0.481 e. The first-order valence-electron chi connectivity index (χ1n) is 5.99. The molecule has 1 aromatic carbocycles. The summed E-state index contributed by atoms with van der Waals surface area (Å²) in [6, 6.07) is 8.15. The maximum Gasteiger partial charge on any atom is 0.303 e. The average Bonchev–Trinajstić information content (AvgIpc) is 2.62. The summed E-state index contributed by atoms with van der Waals surface area (Å²) in [5, 5.41) is 8.75. The Balaban J connectivity index is 2.39. The van der Waals surface area contributed by atoms with E-state index >= 15 is 0 Å². The standard InChI is InChI=1S/C14H15BrN2O2/c1-9-4-3-5-10(8-9)13-14(15)16-11(17(13)2)6-7-12(18)19/h3-5,8H,6-7H2,1-2H3,(H,18,19). The lowest BCUT2D eigenvalue weighted by atomic mass is 10.1. The Labute approximate surface area is 120 Å². The summed E-state index contributed by atoms with van der Waals surface area (Å²) in [7, 11) is 1.91. The van der Waals surface area contributed by atoms with Gasteiger partial charge in [-0.05, 0) is 28.9 Å². The smallest absolute Gasteiger partial charge is 0.303 e. The van der Waals surface area contributed by atoms with Crippen molar-refractivity contribution < 1.29 is 9.90 Å². The van der Waals surface area contributed by atoms with Crippen molar-refractivity contribution in [2.75, 3.05) is 0 Å². The van der Waals surface area contributed by atoms with E-state index in [1.807, 2.05) is 36.7 Å². The molecule has 1 N–H and O–H groups in total. The van der Waals surface area contributed by atoms with Crippen LogP contribution in [-0.4, -0.2) is 20.6 Å². The van der Waals surface area contributed by atoms with Crippen molar-refractivity contribution in [2.45, 2.75) is 19.8 Å². The monoisotopic (exact) mass is 322 g/mol. The quantitative estimate of drug-likeness (QED) is 0.940. The van der Waals surface area contributed by atoms with Gasteiger partial charge < -0.3 is 9.67 Å². The summed E-state index contributed by atoms with van der Waals surface area (Å²) in [5.41, 5.74) is 3.23. The highest BCUT2D eigenvalue weighted by molar-refractivity contribution is 9.10. The van der Waals surface area contributed by atoms with Gasteiger partial charge in [0.15, 0.2) is 0 Å². The summed E-state index contributed by atoms with van der Waals surface area (Å²) >= 11 is 3.46. The van der Waals surface area contributed by atoms with Crippen LogP contribution < -0.4 is 0 Å². The lowest BCUT2D eigenvalue weighted by molar-refractivity contribution is -0.137. The van der Waals surface area contributed by atoms with Crippen LogP contribution in [0.1, 0.15) is 17.8 Å². The highest BCUT2D eigenvalue weighted by Gasteiger charge is 2.15. The molecule has 0 unspecified atom stereocenters. The molecule has 0 aliphatic heterocycles. The van der Waals surface area contributed by atoms with Crippen LogP contribution in [0.2, 0.25) is 0 Å². The first kappa shape index (κ1) is 13.8. The van der Waals surface area contributed by atoms with Gasteiger partial charge in [-0.3, -0.25) is 4.79 Å². The molecule has 1 heterocycles. The zero-order valence-electron chi connectivity index (χ0n) is 10.9. The molecule has 19 heavy (non-hydrogen) atoms. The lowest BCUT2D eigenvalue weighted by Gasteiger charge is -2.06. The van der Waals surface area contributed by atoms with Crippen molar-refractivity contribution in [2.24, 2.45) is 7.05 Å². The molecular weight excluding hydrogens is 308 g/mol. The first-order chi connectivity index (χ1) is 8.99. The predicted octanol–water partition coefficient (Wildman–Crippen LogP) is 3.18. The molecule has 2 aromatic rings. The van der Waals surface area contributed by atoms with E-state index in [1.54, 1.807) is 0 Å². The van der Waals surface area contributed by atoms with Crippen LogP contribution in [0.15, 0.2) is 28.9 Å². The number of imidazole rings is 1. The summed E-state index contributed by atoms with van der Waals surface area (Å²) in [6.07, 6.45) is 0.515. The molecule has 0 amide bonds. The number of nitrogens with zero attached hydrogens (tertiary/aromatic N) is 2. The van der Waals surface area contributed by atoms with Crippen molar-refractivity contribution in [3.8, 4) is 11.3 Å². The number of hydrogen-bond donors (Lipinski definition) is 1. The van der Waals surface area contributed by atoms with E-state index in [2.05, 4.69) is 27.0 Å². The van der Waals surface area contributed by atoms with Gasteiger partial charge in [-0.15, -0.1) is 0 Å². The van der Waals surface area contributed by atoms with Gasteiger partial charge in [0.2, 0.25) is 0 Å². The van der Waals surface area contributed by atoms with Crippen LogP contribution in [0.25, 0.3) is 11.3 Å². The van der Waals surface area contributed by atoms with E-state index < -0.39 is 5.97 Å². The van der Waals surface area contributed by atoms with E-state index in [1.165, 1.54) is 5.56 Å². The summed E-state index contributed by atoms with van der Waals surface area (Å²) < 4.78 is 2.70. The van der Waals surface area contributed by atoms with Crippen molar-refractivity contribution >= 4 is 21.9 Å². The SMILES string of the molecule is Cc1cccc(-c2c(Br)nc(CCC(=O)O)n2C)c1. The van der Waals surface area contributed by atoms with E-state index in [4.69, 9.17) is 5.11 Å². The largest absolute Gasteiger partial charge is 0.481 e. The maximum atomic E-state index is 10.6. The molecule has 100 valence electrons. The molecular formula is C14H15BrN2O2. The third-order valence-corrected chi connectivity index (χ3v) is 3.55. The third kappa shape index (κ3) is 3.04. The number of benzene rings is 1. The van der Waals surface area contributed by atoms with Gasteiger partial charge in [0.1, 0.15) is 10.4 Å². The molecule has 0 bridgehead atoms. The van der Waals surface area contributed by atoms with Crippen LogP contribution in [0.5, 0.6) is 0 Å². The molecule has 0 atom stereocenters. The van der Waals surface area contributed by atoms with Crippen molar-refractivity contribution in [1.29, 1.82) is 0 Å². The molecule has 2 rings (SSSR count). The maximum absolute atomic E-state index is 10.6. The van der Waals surface area contributed by atoms with Crippen LogP contribution in [0.3, 0.4) is 0 Å². The highest BCUT2D eigenvalue weighted by Crippen LogP contribution is 2.29. The lowest BCUT2D eigenvalue weighted by Crippen LogP contribution is -2.04. The van der Waals surface area contributed by atoms with Gasteiger partial charge in [0.05, 0.1) is 12.1 Å². The third-order valence-electron chi connectivity index (χ3n) is 3.00. The van der Waals surface area contributed by atoms with Gasteiger partial charge in [-0.1, -0.05) is 23.8 Å². The average molecular weight is 323 g/mol. The Hall–Kier alpha value is -1.62. The first-order valence-corrected chi connectivity index (χ1v) is 6.78. The Bertz CT molecular complexity index is 620. The number of aliphatic carboxylic acids is 1. The Morgan fingerprint density at radius 2 is 2.21 bits per heavy atom. The summed E-state index contributed by atoms with van der Waals surface area (Å²) in [5.74, 6) is -0.0398. The number of halogens is 1. The second-order valence-electron chi connectivity index (χ2n) is 4.49. The normalized spacial score (nSPS) is 10.7. The molecule has 0 aliphatic rings. The van der Waals surface area contributed by atoms with Gasteiger partial charge in [-0.25, -0.2) is 4.98 Å². The minimum atomic E-state index is -0.809. The zero-order valence-corrected chi connectivity index (χ0v) is 12.4. The highest BCUT2D eigenvalue weighted by atomic mass is 79.9. The summed E-state index contributed by atoms with van der Waals surface area (Å²) in [4.78, 5) is 15.0. The number of rotatable bonds is 4. The molecule has 5 heteroatoms. The molecule has 0 fully saturated rings. The van der Waals surface area contributed by atoms with Crippen LogP contribution in [-0.2, 0) is 18.3 Å². The van der Waals surface area contributed by atoms with E-state index in [9.17, 15) is 4.79 Å². The fourth-order valence-electron chi connectivity index (χ4n) is 2.06. The van der Waals surface area contributed by atoms with Crippen molar-refractivity contribution in [3.05, 3.63) is 40.3 Å². The van der Waals surface area contributed by atoms with Crippen molar-refractivity contribution in [1.82, 2.24) is 9.55 Å². The number of hydrogen-bond acceptors (Lipinski definition) is 2. The fraction of sp³-hybridized carbons (Fsp3) is 0.286. The van der Waals surface area contributed by atoms with E-state index in [0.717, 1.165) is 21.7 Å². The van der Waals surface area contributed by atoms with Crippen molar-refractivity contribution in [3.63, 3.8) is 0 Å². The van der Waals surface area contributed by atoms with Gasteiger partial charge >= 0.3 is 5.97 Å². The van der Waals surface area contributed by atoms with Gasteiger partial charge in [0, 0.05) is 19.0 Å². The van der Waals surface area contributed by atoms with Crippen LogP contribution in [0, 0.1) is 6.92 Å². The molecule has 0 aliphatic carbocycles. The predicted molar refractivity (Wildman–Crippen MR) is 77.0 cm³/mol. The van der Waals surface area contributed by atoms with E-state index in [0.29, 0.717) is 6.42 Å². The van der Waals surface area contributed by atoms with E-state index in [-0.39, 0.29) is 6.42 Å². The summed E-state index contributed by atoms with van der Waals surface area (Å²) in [6.45, 7) is 2.04. The van der Waals surface area contributed by atoms with Gasteiger partial charge in [-0.2, -0.15) is 0 Å². The number of aromatic nitrogens is 2. The second kappa shape index (κ2) is 5.57. The fourth-order valence-corrected chi connectivity index (χ4v) is 2.76. The molecule has 4 nitrogen and oxygen atoms in total. The minimum absolute atomic E-state index is 0.0878. The number of carbonyl (C=O) groups is 1.